The number of carboxylic acid groups (broad SMARTS) is 1. The third-order valence-corrected chi connectivity index (χ3v) is 5.82. The molecule has 2 atom stereocenters. The average Bonchev–Trinajstić information content (AvgIpc) is 2.77. The number of rotatable bonds is 7. The minimum Gasteiger partial charge on any atom is -0.465 e. The highest BCUT2D eigenvalue weighted by atomic mass is 19.2. The van der Waals surface area contributed by atoms with Gasteiger partial charge in [0.2, 0.25) is 11.8 Å². The average molecular weight is 479 g/mol. The molecule has 1 fully saturated rings. The Hall–Kier alpha value is -3.57. The molecule has 12 heteroatoms. The first-order valence-electron chi connectivity index (χ1n) is 10.9. The van der Waals surface area contributed by atoms with E-state index >= 15 is 0 Å². The Kier molecular flexibility index (Phi) is 7.48. The minimum absolute atomic E-state index is 0.00658. The molecular formula is C22H28F2N6O4. The van der Waals surface area contributed by atoms with E-state index in [0.29, 0.717) is 18.5 Å². The molecule has 0 radical (unpaired) electrons. The monoisotopic (exact) mass is 478 g/mol. The van der Waals surface area contributed by atoms with Crippen LogP contribution in [-0.2, 0) is 6.54 Å². The van der Waals surface area contributed by atoms with E-state index in [1.807, 2.05) is 20.8 Å². The summed E-state index contributed by atoms with van der Waals surface area (Å²) in [7, 11) is 0. The number of hydrogen-bond donors (Lipinski definition) is 3. The molecule has 1 unspecified atom stereocenters. The SMILES string of the molecule is CC(C)(C)[C@@H]1C(CNc2nc(NCc3ccc(F)c(F)c3)ncc2[N+](=O)[O-])CCCN1C(=O)O. The van der Waals surface area contributed by atoms with Crippen LogP contribution in [-0.4, -0.2) is 50.1 Å². The topological polar surface area (TPSA) is 134 Å². The molecule has 34 heavy (non-hydrogen) atoms. The Morgan fingerprint density at radius 1 is 1.29 bits per heavy atom. The van der Waals surface area contributed by atoms with Gasteiger partial charge in [0.15, 0.2) is 11.6 Å². The van der Waals surface area contributed by atoms with Crippen molar-refractivity contribution in [1.29, 1.82) is 0 Å². The van der Waals surface area contributed by atoms with E-state index in [1.165, 1.54) is 11.0 Å². The van der Waals surface area contributed by atoms with Crippen molar-refractivity contribution in [3.8, 4) is 0 Å². The van der Waals surface area contributed by atoms with Crippen molar-refractivity contribution < 1.29 is 23.6 Å². The zero-order valence-electron chi connectivity index (χ0n) is 19.2. The van der Waals surface area contributed by atoms with E-state index in [1.54, 1.807) is 0 Å². The molecule has 2 heterocycles. The lowest BCUT2D eigenvalue weighted by molar-refractivity contribution is -0.384. The normalized spacial score (nSPS) is 18.4. The molecule has 1 aliphatic rings. The van der Waals surface area contributed by atoms with E-state index < -0.39 is 22.7 Å². The molecule has 0 aliphatic carbocycles. The molecule has 2 aromatic rings. The van der Waals surface area contributed by atoms with Crippen molar-refractivity contribution in [2.45, 2.75) is 46.2 Å². The number of hydrogen-bond acceptors (Lipinski definition) is 7. The van der Waals surface area contributed by atoms with Crippen LogP contribution in [0.3, 0.4) is 0 Å². The largest absolute Gasteiger partial charge is 0.465 e. The quantitative estimate of drug-likeness (QED) is 0.391. The van der Waals surface area contributed by atoms with Crippen LogP contribution in [0.25, 0.3) is 0 Å². The van der Waals surface area contributed by atoms with Gasteiger partial charge in [-0.2, -0.15) is 4.98 Å². The molecule has 0 saturated carbocycles. The van der Waals surface area contributed by atoms with Gasteiger partial charge in [0.1, 0.15) is 6.20 Å². The van der Waals surface area contributed by atoms with Crippen molar-refractivity contribution in [3.63, 3.8) is 0 Å². The van der Waals surface area contributed by atoms with Gasteiger partial charge < -0.3 is 20.6 Å². The molecule has 0 spiro atoms. The van der Waals surface area contributed by atoms with E-state index in [-0.39, 0.29) is 47.9 Å². The first-order chi connectivity index (χ1) is 16.0. The highest BCUT2D eigenvalue weighted by Gasteiger charge is 2.41. The zero-order chi connectivity index (χ0) is 25.0. The van der Waals surface area contributed by atoms with Crippen molar-refractivity contribution in [3.05, 3.63) is 51.7 Å². The lowest BCUT2D eigenvalue weighted by atomic mass is 9.74. The third kappa shape index (κ3) is 5.86. The number of piperidine rings is 1. The van der Waals surface area contributed by atoms with E-state index in [4.69, 9.17) is 0 Å². The van der Waals surface area contributed by atoms with Crippen molar-refractivity contribution in [2.75, 3.05) is 23.7 Å². The summed E-state index contributed by atoms with van der Waals surface area (Å²) in [5.41, 5.74) is -0.212. The number of nitrogens with one attached hydrogen (secondary N) is 2. The summed E-state index contributed by atoms with van der Waals surface area (Å²) in [6.45, 7) is 6.72. The summed E-state index contributed by atoms with van der Waals surface area (Å²) < 4.78 is 26.5. The molecule has 1 saturated heterocycles. The maximum absolute atomic E-state index is 13.4. The van der Waals surface area contributed by atoms with Crippen LogP contribution in [0.1, 0.15) is 39.2 Å². The van der Waals surface area contributed by atoms with Gasteiger partial charge in [-0.3, -0.25) is 10.1 Å². The smallest absolute Gasteiger partial charge is 0.407 e. The molecule has 1 aromatic carbocycles. The Labute approximate surface area is 195 Å². The molecule has 1 aromatic heterocycles. The fourth-order valence-corrected chi connectivity index (χ4v) is 4.46. The van der Waals surface area contributed by atoms with Gasteiger partial charge in [-0.25, -0.2) is 18.6 Å². The summed E-state index contributed by atoms with van der Waals surface area (Å²) in [5, 5.41) is 27.0. The van der Waals surface area contributed by atoms with Crippen molar-refractivity contribution in [1.82, 2.24) is 14.9 Å². The second-order valence-corrected chi connectivity index (χ2v) is 9.36. The summed E-state index contributed by atoms with van der Waals surface area (Å²) in [6.07, 6.45) is 1.53. The van der Waals surface area contributed by atoms with Gasteiger partial charge in [0, 0.05) is 25.7 Å². The van der Waals surface area contributed by atoms with Crippen LogP contribution in [0.5, 0.6) is 0 Å². The fraction of sp³-hybridized carbons (Fsp3) is 0.500. The van der Waals surface area contributed by atoms with Gasteiger partial charge in [-0.15, -0.1) is 0 Å². The molecular weight excluding hydrogens is 450 g/mol. The standard InChI is InChI=1S/C22H28F2N6O4/c1-22(2,3)18-14(5-4-8-29(18)21(31)32)11-25-19-17(30(33)34)12-27-20(28-19)26-10-13-6-7-15(23)16(24)9-13/h6-7,9,12,14,18H,4-5,8,10-11H2,1-3H3,(H,31,32)(H2,25,26,27,28)/t14?,18-/m0/s1. The summed E-state index contributed by atoms with van der Waals surface area (Å²) >= 11 is 0. The summed E-state index contributed by atoms with van der Waals surface area (Å²) in [6, 6.07) is 3.17. The number of nitro groups is 1. The van der Waals surface area contributed by atoms with Crippen LogP contribution >= 0.6 is 0 Å². The Balaban J connectivity index is 1.77. The van der Waals surface area contributed by atoms with E-state index in [0.717, 1.165) is 24.8 Å². The van der Waals surface area contributed by atoms with Crippen LogP contribution in [0.15, 0.2) is 24.4 Å². The molecule has 1 amide bonds. The molecule has 10 nitrogen and oxygen atoms in total. The predicted molar refractivity (Wildman–Crippen MR) is 122 cm³/mol. The Morgan fingerprint density at radius 2 is 2.03 bits per heavy atom. The number of aromatic nitrogens is 2. The van der Waals surface area contributed by atoms with Gasteiger partial charge in [-0.1, -0.05) is 26.8 Å². The van der Waals surface area contributed by atoms with Crippen LogP contribution in [0.4, 0.5) is 31.0 Å². The second-order valence-electron chi connectivity index (χ2n) is 9.36. The van der Waals surface area contributed by atoms with Gasteiger partial charge in [-0.05, 0) is 41.9 Å². The number of likely N-dealkylation sites (tertiary alicyclic amines) is 1. The molecule has 184 valence electrons. The minimum atomic E-state index is -0.985. The predicted octanol–water partition coefficient (Wildman–Crippen LogP) is 4.49. The molecule has 3 N–H and O–H groups in total. The van der Waals surface area contributed by atoms with Crippen molar-refractivity contribution >= 4 is 23.5 Å². The zero-order valence-corrected chi connectivity index (χ0v) is 19.2. The number of nitrogens with zero attached hydrogens (tertiary/aromatic N) is 4. The lowest BCUT2D eigenvalue weighted by Gasteiger charge is -2.46. The molecule has 1 aliphatic heterocycles. The highest BCUT2D eigenvalue weighted by Crippen LogP contribution is 2.36. The maximum atomic E-state index is 13.4. The van der Waals surface area contributed by atoms with E-state index in [2.05, 4.69) is 20.6 Å². The third-order valence-electron chi connectivity index (χ3n) is 5.82. The maximum Gasteiger partial charge on any atom is 0.407 e. The number of carbonyl (C=O) groups is 1. The number of anilines is 2. The Morgan fingerprint density at radius 3 is 2.65 bits per heavy atom. The first-order valence-corrected chi connectivity index (χ1v) is 10.9. The van der Waals surface area contributed by atoms with Crippen LogP contribution in [0, 0.1) is 33.1 Å². The second kappa shape index (κ2) is 10.1. The number of benzene rings is 1. The highest BCUT2D eigenvalue weighted by molar-refractivity contribution is 5.66. The molecule has 0 bridgehead atoms. The van der Waals surface area contributed by atoms with Crippen LogP contribution < -0.4 is 10.6 Å². The van der Waals surface area contributed by atoms with Gasteiger partial charge in [0.05, 0.1) is 4.92 Å². The summed E-state index contributed by atoms with van der Waals surface area (Å²) in [5.74, 6) is -1.96. The summed E-state index contributed by atoms with van der Waals surface area (Å²) in [4.78, 5) is 32.3. The number of halogens is 2. The first kappa shape index (κ1) is 25.1. The van der Waals surface area contributed by atoms with Gasteiger partial charge in [0.25, 0.3) is 0 Å². The number of amides is 1. The van der Waals surface area contributed by atoms with Crippen LogP contribution in [0.2, 0.25) is 0 Å². The van der Waals surface area contributed by atoms with Gasteiger partial charge >= 0.3 is 11.8 Å². The van der Waals surface area contributed by atoms with E-state index in [9.17, 15) is 28.8 Å². The van der Waals surface area contributed by atoms with Crippen molar-refractivity contribution in [2.24, 2.45) is 11.3 Å². The Bertz CT molecular complexity index is 1060. The molecule has 3 rings (SSSR count). The lowest BCUT2D eigenvalue weighted by Crippen LogP contribution is -2.55. The fourth-order valence-electron chi connectivity index (χ4n) is 4.46.